The molecule has 0 saturated carbocycles. The van der Waals surface area contributed by atoms with Crippen LogP contribution in [0.25, 0.3) is 0 Å². The Bertz CT molecular complexity index is 85.8. The van der Waals surface area contributed by atoms with Crippen LogP contribution in [0.1, 0.15) is 28.1 Å². The molecule has 0 aromatic carbocycles. The maximum Gasteiger partial charge on any atom is 1.00 e. The van der Waals surface area contributed by atoms with E-state index in [1.54, 1.807) is 0 Å². The summed E-state index contributed by atoms with van der Waals surface area (Å²) in [7, 11) is 0. The summed E-state index contributed by atoms with van der Waals surface area (Å²) >= 11 is 0. The first-order valence-corrected chi connectivity index (χ1v) is 2.84. The van der Waals surface area contributed by atoms with Gasteiger partial charge < -0.3 is 6.53 Å². The van der Waals surface area contributed by atoms with Crippen LogP contribution < -0.4 is 29.6 Å². The monoisotopic (exact) mass is 140 g/mol. The molecule has 0 unspecified atom stereocenters. The van der Waals surface area contributed by atoms with Crippen LogP contribution in [0.4, 0.5) is 0 Å². The van der Waals surface area contributed by atoms with E-state index in [1.165, 1.54) is 0 Å². The predicted molar refractivity (Wildman–Crippen MR) is 32.8 cm³/mol. The Kier molecular flexibility index (Phi) is 8.91. The van der Waals surface area contributed by atoms with Crippen molar-refractivity contribution in [3.63, 3.8) is 0 Å². The van der Waals surface area contributed by atoms with E-state index < -0.39 is 5.97 Å². The molecule has 0 amide bonds. The summed E-state index contributed by atoms with van der Waals surface area (Å²) in [6, 6.07) is 0. The summed E-state index contributed by atoms with van der Waals surface area (Å²) in [5.41, 5.74) is 0. The van der Waals surface area contributed by atoms with Gasteiger partial charge in [0.25, 0.3) is 0 Å². The van der Waals surface area contributed by atoms with Gasteiger partial charge in [0.1, 0.15) is 0 Å². The Morgan fingerprint density at radius 3 is 2.22 bits per heavy atom. The zero-order valence-corrected chi connectivity index (χ0v) is 8.35. The van der Waals surface area contributed by atoms with Crippen LogP contribution in [0.15, 0.2) is 0 Å². The van der Waals surface area contributed by atoms with Gasteiger partial charge >= 0.3 is 35.5 Å². The topological polar surface area (TPSA) is 37.3 Å². The van der Waals surface area contributed by atoms with Crippen molar-refractivity contribution in [3.05, 3.63) is 0 Å². The Hall–Kier alpha value is 0.470. The van der Waals surface area contributed by atoms with E-state index in [1.807, 2.05) is 13.8 Å². The van der Waals surface area contributed by atoms with Crippen molar-refractivity contribution in [2.24, 2.45) is 5.92 Å². The van der Waals surface area contributed by atoms with E-state index in [9.17, 15) is 4.79 Å². The molecule has 0 atom stereocenters. The predicted octanol–water partition coefficient (Wildman–Crippen LogP) is -1.38. The van der Waals surface area contributed by atoms with Gasteiger partial charge in [-0.2, -0.15) is 0 Å². The standard InChI is InChI=1S/C6H12O2.Na.H/c1-5(2)3-4-6(7)8;;/h5H,3-4H2,1-2H3,(H,7,8);;/q;+1;-1. The molecule has 0 rings (SSSR count). The van der Waals surface area contributed by atoms with E-state index in [-0.39, 0.29) is 31.0 Å². The normalized spacial score (nSPS) is 8.78. The van der Waals surface area contributed by atoms with Gasteiger partial charge in [0.2, 0.25) is 0 Å². The maximum absolute atomic E-state index is 9.90. The first-order chi connectivity index (χ1) is 3.63. The summed E-state index contributed by atoms with van der Waals surface area (Å²) in [6.45, 7) is 4.03. The van der Waals surface area contributed by atoms with Crippen LogP contribution in [0.5, 0.6) is 0 Å². The van der Waals surface area contributed by atoms with Crippen LogP contribution >= 0.6 is 0 Å². The zero-order chi connectivity index (χ0) is 6.57. The third-order valence-corrected chi connectivity index (χ3v) is 0.936. The van der Waals surface area contributed by atoms with Crippen molar-refractivity contribution in [2.45, 2.75) is 26.7 Å². The van der Waals surface area contributed by atoms with Gasteiger partial charge in [-0.25, -0.2) is 0 Å². The smallest absolute Gasteiger partial charge is 1.00 e. The Balaban J connectivity index is -0.000000245. The van der Waals surface area contributed by atoms with Gasteiger partial charge in [0.05, 0.1) is 0 Å². The van der Waals surface area contributed by atoms with Gasteiger partial charge in [0.15, 0.2) is 0 Å². The van der Waals surface area contributed by atoms with Crippen LogP contribution in [-0.4, -0.2) is 11.1 Å². The fourth-order valence-electron chi connectivity index (χ4n) is 0.412. The Morgan fingerprint density at radius 1 is 1.67 bits per heavy atom. The number of carboxylic acid groups (broad SMARTS) is 1. The van der Waals surface area contributed by atoms with Crippen molar-refractivity contribution in [3.8, 4) is 0 Å². The average molecular weight is 140 g/mol. The molecule has 0 aromatic heterocycles. The van der Waals surface area contributed by atoms with Crippen LogP contribution in [-0.2, 0) is 4.79 Å². The molecular formula is C6H13NaO2. The van der Waals surface area contributed by atoms with E-state index >= 15 is 0 Å². The molecule has 50 valence electrons. The molecule has 0 bridgehead atoms. The number of rotatable bonds is 3. The number of carbonyl (C=O) groups is 1. The molecule has 0 saturated heterocycles. The van der Waals surface area contributed by atoms with Crippen molar-refractivity contribution in [2.75, 3.05) is 0 Å². The summed E-state index contributed by atoms with van der Waals surface area (Å²) < 4.78 is 0. The van der Waals surface area contributed by atoms with Crippen molar-refractivity contribution < 1.29 is 40.9 Å². The molecule has 0 heterocycles. The largest absolute Gasteiger partial charge is 1.00 e. The van der Waals surface area contributed by atoms with Crippen LogP contribution in [0.3, 0.4) is 0 Å². The summed E-state index contributed by atoms with van der Waals surface area (Å²) in [6.07, 6.45) is 1.09. The molecule has 9 heavy (non-hydrogen) atoms. The van der Waals surface area contributed by atoms with Gasteiger partial charge in [0, 0.05) is 6.42 Å². The van der Waals surface area contributed by atoms with Crippen molar-refractivity contribution >= 4 is 5.97 Å². The first kappa shape index (κ1) is 12.2. The summed E-state index contributed by atoms with van der Waals surface area (Å²) in [5, 5.41) is 8.16. The molecule has 0 aliphatic rings. The number of hydrogen-bond acceptors (Lipinski definition) is 1. The summed E-state index contributed by atoms with van der Waals surface area (Å²) in [4.78, 5) is 9.90. The molecule has 3 heteroatoms. The minimum Gasteiger partial charge on any atom is -1.00 e. The first-order valence-electron chi connectivity index (χ1n) is 2.84. The van der Waals surface area contributed by atoms with Crippen LogP contribution in [0, 0.1) is 5.92 Å². The second kappa shape index (κ2) is 6.59. The Morgan fingerprint density at radius 2 is 2.11 bits per heavy atom. The number of aliphatic carboxylic acids is 1. The van der Waals surface area contributed by atoms with Gasteiger partial charge in [-0.05, 0) is 12.3 Å². The molecule has 0 aromatic rings. The fraction of sp³-hybridized carbons (Fsp3) is 0.833. The van der Waals surface area contributed by atoms with E-state index in [0.717, 1.165) is 6.42 Å². The Labute approximate surface area is 79.4 Å². The molecule has 0 fully saturated rings. The fourth-order valence-corrected chi connectivity index (χ4v) is 0.412. The average Bonchev–Trinajstić information content (AvgIpc) is 1.61. The van der Waals surface area contributed by atoms with Gasteiger partial charge in [-0.1, -0.05) is 13.8 Å². The number of carboxylic acids is 1. The molecule has 1 N–H and O–H groups in total. The van der Waals surface area contributed by atoms with Crippen molar-refractivity contribution in [1.82, 2.24) is 0 Å². The third kappa shape index (κ3) is 11.8. The van der Waals surface area contributed by atoms with E-state index in [4.69, 9.17) is 5.11 Å². The molecule has 0 aliphatic carbocycles. The van der Waals surface area contributed by atoms with E-state index in [0.29, 0.717) is 12.3 Å². The quantitative estimate of drug-likeness (QED) is 0.491. The molecule has 2 nitrogen and oxygen atoms in total. The third-order valence-electron chi connectivity index (χ3n) is 0.936. The van der Waals surface area contributed by atoms with Crippen molar-refractivity contribution in [1.29, 1.82) is 0 Å². The summed E-state index contributed by atoms with van der Waals surface area (Å²) in [5.74, 6) is -0.190. The van der Waals surface area contributed by atoms with Gasteiger partial charge in [-0.15, -0.1) is 0 Å². The zero-order valence-electron chi connectivity index (χ0n) is 7.35. The van der Waals surface area contributed by atoms with Crippen LogP contribution in [0.2, 0.25) is 0 Å². The van der Waals surface area contributed by atoms with Gasteiger partial charge in [-0.3, -0.25) is 4.79 Å². The second-order valence-corrected chi connectivity index (χ2v) is 2.33. The molecule has 0 aliphatic heterocycles. The number of hydrogen-bond donors (Lipinski definition) is 1. The molecule has 0 spiro atoms. The minimum absolute atomic E-state index is 0. The molecule has 0 radical (unpaired) electrons. The minimum atomic E-state index is -0.696. The maximum atomic E-state index is 9.90. The SMILES string of the molecule is CC(C)CCC(=O)O.[H-].[Na+]. The molecular weight excluding hydrogens is 127 g/mol. The second-order valence-electron chi connectivity index (χ2n) is 2.33. The van der Waals surface area contributed by atoms with E-state index in [2.05, 4.69) is 0 Å².